The molecule has 0 aliphatic heterocycles. The van der Waals surface area contributed by atoms with Crippen LogP contribution in [0.5, 0.6) is 0 Å². The zero-order valence-electron chi connectivity index (χ0n) is 8.92. The molecular weight excluding hydrogens is 232 g/mol. The molecule has 0 aliphatic carbocycles. The number of rotatable bonds is 3. The summed E-state index contributed by atoms with van der Waals surface area (Å²) in [5.41, 5.74) is 0.907. The van der Waals surface area contributed by atoms with Crippen LogP contribution < -0.4 is 0 Å². The lowest BCUT2D eigenvalue weighted by atomic mass is 10.3. The van der Waals surface area contributed by atoms with Gasteiger partial charge in [0.15, 0.2) is 10.9 Å². The molecule has 0 fully saturated rings. The normalized spacial score (nSPS) is 11.3. The van der Waals surface area contributed by atoms with Gasteiger partial charge in [-0.3, -0.25) is 0 Å². The van der Waals surface area contributed by atoms with Crippen LogP contribution in [0.3, 0.4) is 0 Å². The van der Waals surface area contributed by atoms with E-state index in [4.69, 9.17) is 11.6 Å². The van der Waals surface area contributed by atoms with Crippen LogP contribution in [-0.2, 0) is 6.54 Å². The summed E-state index contributed by atoms with van der Waals surface area (Å²) in [6.07, 6.45) is 1.62. The largest absolute Gasteiger partial charge is 0.354 e. The third-order valence-corrected chi connectivity index (χ3v) is 2.21. The highest BCUT2D eigenvalue weighted by Gasteiger charge is 2.06. The lowest BCUT2D eigenvalue weighted by molar-refractivity contribution is -0.485. The zero-order valence-corrected chi connectivity index (χ0v) is 9.68. The van der Waals surface area contributed by atoms with E-state index in [0.29, 0.717) is 17.5 Å². The van der Waals surface area contributed by atoms with E-state index in [0.717, 1.165) is 5.56 Å². The van der Waals surface area contributed by atoms with Crippen molar-refractivity contribution in [1.29, 1.82) is 0 Å². The van der Waals surface area contributed by atoms with Gasteiger partial charge in [0.25, 0.3) is 0 Å². The molecule has 0 saturated heterocycles. The minimum atomic E-state index is -0.716. The fourth-order valence-electron chi connectivity index (χ4n) is 1.08. The quantitative estimate of drug-likeness (QED) is 0.266. The maximum absolute atomic E-state index is 10.2. The summed E-state index contributed by atoms with van der Waals surface area (Å²) in [5, 5.41) is 13.1. The van der Waals surface area contributed by atoms with Crippen LogP contribution in [0.2, 0.25) is 5.15 Å². The van der Waals surface area contributed by atoms with Crippen molar-refractivity contribution >= 4 is 17.4 Å². The maximum atomic E-state index is 10.2. The van der Waals surface area contributed by atoms with Gasteiger partial charge in [-0.15, -0.1) is 0 Å². The highest BCUT2D eigenvalue weighted by atomic mass is 35.5. The average Bonchev–Trinajstić information content (AvgIpc) is 2.20. The lowest BCUT2D eigenvalue weighted by Crippen LogP contribution is -2.24. The Morgan fingerprint density at radius 1 is 1.69 bits per heavy atom. The van der Waals surface area contributed by atoms with Gasteiger partial charge in [-0.05, 0) is 11.6 Å². The summed E-state index contributed by atoms with van der Waals surface area (Å²) in [6.45, 7) is 2.07. The van der Waals surface area contributed by atoms with E-state index in [-0.39, 0.29) is 0 Å². The Morgan fingerprint density at radius 2 is 2.38 bits per heavy atom. The van der Waals surface area contributed by atoms with E-state index in [1.165, 1.54) is 0 Å². The summed E-state index contributed by atoms with van der Waals surface area (Å²) < 4.78 is 0. The van der Waals surface area contributed by atoms with Gasteiger partial charge in [0, 0.05) is 26.7 Å². The molecule has 6 nitrogen and oxygen atoms in total. The molecular formula is C9H11ClN4O2. The van der Waals surface area contributed by atoms with Gasteiger partial charge in [-0.25, -0.2) is 15.1 Å². The Kier molecular flexibility index (Phi) is 4.19. The van der Waals surface area contributed by atoms with Crippen LogP contribution in [0.15, 0.2) is 23.4 Å². The molecule has 0 spiro atoms. The second-order valence-electron chi connectivity index (χ2n) is 3.23. The van der Waals surface area contributed by atoms with Crippen molar-refractivity contribution in [1.82, 2.24) is 9.88 Å². The fourth-order valence-corrected chi connectivity index (χ4v) is 1.19. The van der Waals surface area contributed by atoms with Crippen molar-refractivity contribution in [2.45, 2.75) is 13.5 Å². The first-order valence-electron chi connectivity index (χ1n) is 4.50. The van der Waals surface area contributed by atoms with Crippen molar-refractivity contribution < 1.29 is 5.03 Å². The van der Waals surface area contributed by atoms with Crippen molar-refractivity contribution in [2.24, 2.45) is 5.10 Å². The third kappa shape index (κ3) is 3.82. The van der Waals surface area contributed by atoms with E-state index in [2.05, 4.69) is 10.1 Å². The summed E-state index contributed by atoms with van der Waals surface area (Å²) >= 11 is 5.64. The molecule has 0 radical (unpaired) electrons. The van der Waals surface area contributed by atoms with Crippen LogP contribution in [0, 0.1) is 10.1 Å². The summed E-state index contributed by atoms with van der Waals surface area (Å²) in [5.74, 6) is 0.333. The number of hydrogen-bond donors (Lipinski definition) is 0. The topological polar surface area (TPSA) is 71.6 Å². The number of amidine groups is 1. The van der Waals surface area contributed by atoms with Crippen LogP contribution in [0.4, 0.5) is 0 Å². The van der Waals surface area contributed by atoms with Gasteiger partial charge in [-0.2, -0.15) is 0 Å². The molecule has 0 unspecified atom stereocenters. The molecule has 1 heterocycles. The monoisotopic (exact) mass is 242 g/mol. The molecule has 86 valence electrons. The van der Waals surface area contributed by atoms with Gasteiger partial charge >= 0.3 is 0 Å². The van der Waals surface area contributed by atoms with E-state index < -0.39 is 5.03 Å². The predicted molar refractivity (Wildman–Crippen MR) is 60.8 cm³/mol. The Balaban J connectivity index is 2.67. The van der Waals surface area contributed by atoms with Crippen molar-refractivity contribution in [3.05, 3.63) is 39.2 Å². The van der Waals surface area contributed by atoms with Gasteiger partial charge in [0.2, 0.25) is 0 Å². The van der Waals surface area contributed by atoms with Crippen LogP contribution in [0.1, 0.15) is 12.5 Å². The van der Waals surface area contributed by atoms with Crippen LogP contribution in [0.25, 0.3) is 0 Å². The molecule has 1 rings (SSSR count). The number of hydrazone groups is 1. The molecule has 1 aromatic heterocycles. The second-order valence-corrected chi connectivity index (χ2v) is 3.62. The van der Waals surface area contributed by atoms with E-state index in [1.54, 1.807) is 31.1 Å². The Labute approximate surface area is 97.7 Å². The zero-order chi connectivity index (χ0) is 12.1. The predicted octanol–water partition coefficient (Wildman–Crippen LogP) is 1.78. The number of nitro groups is 1. The van der Waals surface area contributed by atoms with Crippen LogP contribution >= 0.6 is 11.6 Å². The fraction of sp³-hybridized carbons (Fsp3) is 0.333. The molecule has 7 heteroatoms. The number of pyridine rings is 1. The van der Waals surface area contributed by atoms with E-state index in [1.807, 2.05) is 6.07 Å². The molecule has 0 saturated carbocycles. The molecule has 1 aromatic rings. The molecule has 0 aliphatic rings. The first kappa shape index (κ1) is 12.4. The molecule has 0 amide bonds. The lowest BCUT2D eigenvalue weighted by Gasteiger charge is -2.15. The van der Waals surface area contributed by atoms with E-state index >= 15 is 0 Å². The minimum Gasteiger partial charge on any atom is -0.354 e. The number of halogens is 1. The molecule has 0 aromatic carbocycles. The van der Waals surface area contributed by atoms with Gasteiger partial charge in [0.1, 0.15) is 5.15 Å². The number of aromatic nitrogens is 1. The van der Waals surface area contributed by atoms with Gasteiger partial charge in [-0.1, -0.05) is 17.7 Å². The molecule has 0 bridgehead atoms. The minimum absolute atomic E-state index is 0.333. The number of hydrogen-bond acceptors (Lipinski definition) is 3. The molecule has 0 atom stereocenters. The highest BCUT2D eigenvalue weighted by molar-refractivity contribution is 6.29. The SMILES string of the molecule is CC(=N[N+](=O)[O-])N(C)Cc1ccc(Cl)nc1. The van der Waals surface area contributed by atoms with Crippen molar-refractivity contribution in [2.75, 3.05) is 7.05 Å². The summed E-state index contributed by atoms with van der Waals surface area (Å²) in [7, 11) is 1.72. The first-order chi connectivity index (χ1) is 7.49. The Morgan fingerprint density at radius 3 is 2.88 bits per heavy atom. The first-order valence-corrected chi connectivity index (χ1v) is 4.88. The molecule has 0 N–H and O–H groups in total. The maximum Gasteiger partial charge on any atom is 0.192 e. The van der Waals surface area contributed by atoms with Gasteiger partial charge in [0.05, 0.1) is 5.10 Å². The standard InChI is InChI=1S/C9H11ClN4O2/c1-7(12-14(15)16)13(2)6-8-3-4-9(10)11-5-8/h3-5H,6H2,1-2H3. The number of nitrogens with zero attached hydrogens (tertiary/aromatic N) is 4. The van der Waals surface area contributed by atoms with E-state index in [9.17, 15) is 10.1 Å². The Bertz CT molecular complexity index is 404. The van der Waals surface area contributed by atoms with Crippen molar-refractivity contribution in [3.63, 3.8) is 0 Å². The summed E-state index contributed by atoms with van der Waals surface area (Å²) in [6, 6.07) is 3.48. The van der Waals surface area contributed by atoms with Gasteiger partial charge < -0.3 is 4.90 Å². The Hall–Kier alpha value is -1.69. The third-order valence-electron chi connectivity index (χ3n) is 1.99. The van der Waals surface area contributed by atoms with Crippen molar-refractivity contribution in [3.8, 4) is 0 Å². The smallest absolute Gasteiger partial charge is 0.192 e. The summed E-state index contributed by atoms with van der Waals surface area (Å²) in [4.78, 5) is 15.8. The van der Waals surface area contributed by atoms with Crippen LogP contribution in [-0.4, -0.2) is 27.8 Å². The highest BCUT2D eigenvalue weighted by Crippen LogP contribution is 2.07. The molecule has 16 heavy (non-hydrogen) atoms. The average molecular weight is 243 g/mol. The second kappa shape index (κ2) is 5.41.